The van der Waals surface area contributed by atoms with Gasteiger partial charge in [-0.1, -0.05) is 23.2 Å². The molecule has 0 atom stereocenters. The van der Waals surface area contributed by atoms with Crippen LogP contribution in [0.25, 0.3) is 22.2 Å². The number of ether oxygens (including phenoxy) is 3. The van der Waals surface area contributed by atoms with Gasteiger partial charge in [0.15, 0.2) is 5.75 Å². The van der Waals surface area contributed by atoms with Crippen molar-refractivity contribution in [2.75, 3.05) is 57.7 Å². The Balaban J connectivity index is 1.39. The zero-order valence-corrected chi connectivity index (χ0v) is 23.2. The molecule has 1 aromatic heterocycles. The molecule has 3 aromatic carbocycles. The van der Waals surface area contributed by atoms with Crippen molar-refractivity contribution in [1.29, 1.82) is 0 Å². The predicted molar refractivity (Wildman–Crippen MR) is 154 cm³/mol. The highest BCUT2D eigenvalue weighted by molar-refractivity contribution is 6.41. The maximum atomic E-state index is 12.8. The van der Waals surface area contributed by atoms with Crippen molar-refractivity contribution in [2.45, 2.75) is 0 Å². The van der Waals surface area contributed by atoms with E-state index in [0.717, 1.165) is 31.9 Å². The van der Waals surface area contributed by atoms with Gasteiger partial charge in [0.1, 0.15) is 22.5 Å². The highest BCUT2D eigenvalue weighted by Crippen LogP contribution is 2.48. The van der Waals surface area contributed by atoms with Gasteiger partial charge in [0.25, 0.3) is 0 Å². The fourth-order valence-electron chi connectivity index (χ4n) is 4.50. The minimum absolute atomic E-state index is 0.232. The van der Waals surface area contributed by atoms with Crippen LogP contribution in [-0.4, -0.2) is 68.4 Å². The molecule has 202 valence electrons. The van der Waals surface area contributed by atoms with Gasteiger partial charge in [0.2, 0.25) is 0 Å². The van der Waals surface area contributed by atoms with E-state index in [2.05, 4.69) is 32.1 Å². The first-order valence-electron chi connectivity index (χ1n) is 12.3. The monoisotopic (exact) mass is 567 g/mol. The van der Waals surface area contributed by atoms with Crippen LogP contribution >= 0.6 is 23.2 Å². The number of likely N-dealkylation sites (N-methyl/N-ethyl adjacent to an activating group) is 1. The van der Waals surface area contributed by atoms with E-state index >= 15 is 0 Å². The fourth-order valence-corrected chi connectivity index (χ4v) is 5.21. The standard InChI is InChI=1S/C28H27Cl2N5O4/c1-34-12-14-35(15-13-34)18-6-4-17(5-7-18)33-28(36)39-20-9-8-19(26-27(20)32-11-10-31-26)23-24(29)21(37-2)16-22(38-3)25(23)30/h4-11,16H,12-15H2,1-3H3,(H,33,36). The molecule has 9 nitrogen and oxygen atoms in total. The summed E-state index contributed by atoms with van der Waals surface area (Å²) in [6.45, 7) is 3.97. The molecular formula is C28H27Cl2N5O4. The second-order valence-electron chi connectivity index (χ2n) is 9.00. The minimum atomic E-state index is -0.652. The predicted octanol–water partition coefficient (Wildman–Crippen LogP) is 5.98. The SMILES string of the molecule is COc1cc(OC)c(Cl)c(-c2ccc(OC(=O)Nc3ccc(N4CCN(C)CC4)cc3)c3nccnc23)c1Cl. The third-order valence-electron chi connectivity index (χ3n) is 6.62. The number of amides is 1. The minimum Gasteiger partial charge on any atom is -0.495 e. The quantitative estimate of drug-likeness (QED) is 0.304. The molecule has 11 heteroatoms. The number of aromatic nitrogens is 2. The lowest BCUT2D eigenvalue weighted by Gasteiger charge is -2.34. The van der Waals surface area contributed by atoms with Crippen LogP contribution < -0.4 is 24.4 Å². The van der Waals surface area contributed by atoms with E-state index in [1.54, 1.807) is 18.2 Å². The van der Waals surface area contributed by atoms with Gasteiger partial charge in [-0.05, 0) is 43.4 Å². The molecule has 1 aliphatic heterocycles. The number of carbonyl (C=O) groups is 1. The number of anilines is 2. The first kappa shape index (κ1) is 26.8. The van der Waals surface area contributed by atoms with E-state index < -0.39 is 6.09 Å². The van der Waals surface area contributed by atoms with E-state index in [1.165, 1.54) is 26.6 Å². The Morgan fingerprint density at radius 1 is 0.846 bits per heavy atom. The van der Waals surface area contributed by atoms with E-state index in [4.69, 9.17) is 37.4 Å². The van der Waals surface area contributed by atoms with Crippen LogP contribution in [0, 0.1) is 0 Å². The number of methoxy groups -OCH3 is 2. The van der Waals surface area contributed by atoms with Crippen LogP contribution in [-0.2, 0) is 0 Å². The molecule has 0 bridgehead atoms. The van der Waals surface area contributed by atoms with Gasteiger partial charge in [-0.25, -0.2) is 9.78 Å². The average Bonchev–Trinajstić information content (AvgIpc) is 2.95. The van der Waals surface area contributed by atoms with Crippen LogP contribution in [0.2, 0.25) is 10.0 Å². The molecule has 39 heavy (non-hydrogen) atoms. The van der Waals surface area contributed by atoms with Gasteiger partial charge in [0.05, 0.1) is 24.3 Å². The first-order chi connectivity index (χ1) is 18.9. The van der Waals surface area contributed by atoms with Gasteiger partial charge >= 0.3 is 6.09 Å². The highest BCUT2D eigenvalue weighted by Gasteiger charge is 2.23. The molecule has 0 unspecified atom stereocenters. The Bertz CT molecular complexity index is 1480. The summed E-state index contributed by atoms with van der Waals surface area (Å²) in [5.41, 5.74) is 3.59. The summed E-state index contributed by atoms with van der Waals surface area (Å²) in [4.78, 5) is 26.3. The van der Waals surface area contributed by atoms with E-state index in [0.29, 0.717) is 49.4 Å². The van der Waals surface area contributed by atoms with Crippen molar-refractivity contribution in [3.05, 3.63) is 64.9 Å². The second-order valence-corrected chi connectivity index (χ2v) is 9.76. The Morgan fingerprint density at radius 2 is 1.46 bits per heavy atom. The van der Waals surface area contributed by atoms with Crippen molar-refractivity contribution >= 4 is 51.7 Å². The highest BCUT2D eigenvalue weighted by atomic mass is 35.5. The number of piperazine rings is 1. The number of hydrogen-bond donors (Lipinski definition) is 1. The molecule has 1 fully saturated rings. The number of nitrogens with one attached hydrogen (secondary N) is 1. The zero-order valence-electron chi connectivity index (χ0n) is 21.7. The van der Waals surface area contributed by atoms with Crippen LogP contribution in [0.15, 0.2) is 54.9 Å². The Labute approximate surface area is 236 Å². The Kier molecular flexibility index (Phi) is 7.92. The molecule has 0 aliphatic carbocycles. The van der Waals surface area contributed by atoms with Crippen molar-refractivity contribution in [1.82, 2.24) is 14.9 Å². The topological polar surface area (TPSA) is 89.1 Å². The van der Waals surface area contributed by atoms with Gasteiger partial charge in [-0.2, -0.15) is 0 Å². The lowest BCUT2D eigenvalue weighted by molar-refractivity contribution is 0.215. The van der Waals surface area contributed by atoms with Crippen molar-refractivity contribution in [3.63, 3.8) is 0 Å². The Morgan fingerprint density at radius 3 is 2.08 bits per heavy atom. The summed E-state index contributed by atoms with van der Waals surface area (Å²) < 4.78 is 16.5. The van der Waals surface area contributed by atoms with E-state index in [1.807, 2.05) is 24.3 Å². The summed E-state index contributed by atoms with van der Waals surface area (Å²) in [5, 5.41) is 3.36. The molecule has 1 amide bonds. The number of rotatable bonds is 6. The number of halogens is 2. The molecule has 5 rings (SSSR count). The van der Waals surface area contributed by atoms with Gasteiger partial charge < -0.3 is 24.0 Å². The molecule has 0 saturated carbocycles. The van der Waals surface area contributed by atoms with Crippen LogP contribution in [0.4, 0.5) is 16.2 Å². The first-order valence-corrected chi connectivity index (χ1v) is 13.0. The summed E-state index contributed by atoms with van der Waals surface area (Å²) in [6, 6.07) is 12.7. The third-order valence-corrected chi connectivity index (χ3v) is 7.37. The summed E-state index contributed by atoms with van der Waals surface area (Å²) in [6.07, 6.45) is 2.40. The second kappa shape index (κ2) is 11.5. The zero-order chi connectivity index (χ0) is 27.5. The lowest BCUT2D eigenvalue weighted by Crippen LogP contribution is -2.44. The van der Waals surface area contributed by atoms with E-state index in [9.17, 15) is 4.79 Å². The van der Waals surface area contributed by atoms with Gasteiger partial charge in [-0.3, -0.25) is 10.3 Å². The molecular weight excluding hydrogens is 541 g/mol. The number of carbonyl (C=O) groups excluding carboxylic acids is 1. The largest absolute Gasteiger partial charge is 0.495 e. The van der Waals surface area contributed by atoms with E-state index in [-0.39, 0.29) is 5.75 Å². The van der Waals surface area contributed by atoms with Gasteiger partial charge in [-0.15, -0.1) is 0 Å². The van der Waals surface area contributed by atoms with Crippen molar-refractivity contribution in [3.8, 4) is 28.4 Å². The fraction of sp³-hybridized carbons (Fsp3) is 0.250. The number of benzene rings is 3. The maximum Gasteiger partial charge on any atom is 0.417 e. The lowest BCUT2D eigenvalue weighted by atomic mass is 10.0. The van der Waals surface area contributed by atoms with Crippen molar-refractivity contribution < 1.29 is 19.0 Å². The van der Waals surface area contributed by atoms with Crippen LogP contribution in [0.3, 0.4) is 0 Å². The van der Waals surface area contributed by atoms with Crippen LogP contribution in [0.1, 0.15) is 0 Å². The molecule has 1 saturated heterocycles. The smallest absolute Gasteiger partial charge is 0.417 e. The number of nitrogens with zero attached hydrogens (tertiary/aromatic N) is 4. The number of fused-ring (bicyclic) bond motifs is 1. The molecule has 0 radical (unpaired) electrons. The normalized spacial score (nSPS) is 13.8. The molecule has 1 aliphatic rings. The summed E-state index contributed by atoms with van der Waals surface area (Å²) in [5.74, 6) is 1.02. The Hall–Kier alpha value is -3.79. The summed E-state index contributed by atoms with van der Waals surface area (Å²) >= 11 is 13.3. The number of hydrogen-bond acceptors (Lipinski definition) is 8. The third kappa shape index (κ3) is 5.52. The molecule has 0 spiro atoms. The van der Waals surface area contributed by atoms with Crippen LogP contribution in [0.5, 0.6) is 17.2 Å². The molecule has 4 aromatic rings. The van der Waals surface area contributed by atoms with Crippen molar-refractivity contribution in [2.24, 2.45) is 0 Å². The molecule has 2 heterocycles. The summed E-state index contributed by atoms with van der Waals surface area (Å²) in [7, 11) is 5.13. The molecule has 1 N–H and O–H groups in total. The maximum absolute atomic E-state index is 12.8. The average molecular weight is 568 g/mol. The van der Waals surface area contributed by atoms with Gasteiger partial charge in [0, 0.05) is 67.1 Å².